The highest BCUT2D eigenvalue weighted by atomic mass is 19.4. The van der Waals surface area contributed by atoms with Crippen LogP contribution in [0.2, 0.25) is 0 Å². The van der Waals surface area contributed by atoms with Gasteiger partial charge in [-0.25, -0.2) is 19.9 Å². The number of fused-ring (bicyclic) bond motifs is 1. The molecular formula is C31H43F3N4. The van der Waals surface area contributed by atoms with Gasteiger partial charge in [-0.05, 0) is 77.2 Å². The van der Waals surface area contributed by atoms with Gasteiger partial charge in [0.2, 0.25) is 0 Å². The predicted molar refractivity (Wildman–Crippen MR) is 149 cm³/mol. The Balaban J connectivity index is 2.08. The van der Waals surface area contributed by atoms with Crippen molar-refractivity contribution in [3.63, 3.8) is 0 Å². The highest BCUT2D eigenvalue weighted by Gasteiger charge is 2.40. The standard InChI is InChI=1S/C31H43F3N4/c1-8-21(16-15-19(5)6)23-13-12-14-24(17-23)29-37-27(22(9-2)18-25(10-3)31(32,33)34)28-30(38-29)35-20(7)26(11-4)36-28/h8,15-16,22-25H,5,9-14,17-18H2,1-4,6-7H3/b16-15-,21-8+. The molecule has 0 amide bonds. The first-order valence-electron chi connectivity index (χ1n) is 14.1. The molecule has 4 nitrogen and oxygen atoms in total. The maximum Gasteiger partial charge on any atom is 0.391 e. The van der Waals surface area contributed by atoms with Crippen molar-refractivity contribution in [1.82, 2.24) is 19.9 Å². The van der Waals surface area contributed by atoms with Crippen LogP contribution in [0.3, 0.4) is 0 Å². The lowest BCUT2D eigenvalue weighted by atomic mass is 9.77. The van der Waals surface area contributed by atoms with E-state index in [0.29, 0.717) is 41.4 Å². The van der Waals surface area contributed by atoms with Crippen LogP contribution in [0, 0.1) is 18.8 Å². The van der Waals surface area contributed by atoms with Gasteiger partial charge in [0.25, 0.3) is 0 Å². The first kappa shape index (κ1) is 30.0. The first-order valence-corrected chi connectivity index (χ1v) is 14.1. The van der Waals surface area contributed by atoms with Crippen molar-refractivity contribution in [1.29, 1.82) is 0 Å². The monoisotopic (exact) mass is 528 g/mol. The summed E-state index contributed by atoms with van der Waals surface area (Å²) in [6.45, 7) is 15.5. The van der Waals surface area contributed by atoms with Gasteiger partial charge in [0.15, 0.2) is 5.65 Å². The van der Waals surface area contributed by atoms with Crippen LogP contribution in [0.25, 0.3) is 11.2 Å². The molecule has 0 aliphatic heterocycles. The van der Waals surface area contributed by atoms with Crippen LogP contribution in [0.1, 0.15) is 114 Å². The van der Waals surface area contributed by atoms with Crippen molar-refractivity contribution >= 4 is 11.2 Å². The molecular weight excluding hydrogens is 485 g/mol. The highest BCUT2D eigenvalue weighted by molar-refractivity contribution is 5.73. The van der Waals surface area contributed by atoms with Gasteiger partial charge in [-0.2, -0.15) is 13.2 Å². The third-order valence-corrected chi connectivity index (χ3v) is 7.99. The zero-order chi connectivity index (χ0) is 28.0. The van der Waals surface area contributed by atoms with E-state index in [-0.39, 0.29) is 24.7 Å². The molecule has 2 aromatic rings. The molecule has 0 saturated heterocycles. The molecule has 208 valence electrons. The van der Waals surface area contributed by atoms with Crippen LogP contribution in [-0.2, 0) is 6.42 Å². The maximum atomic E-state index is 13.8. The van der Waals surface area contributed by atoms with E-state index >= 15 is 0 Å². The molecule has 38 heavy (non-hydrogen) atoms. The van der Waals surface area contributed by atoms with E-state index in [1.807, 2.05) is 33.8 Å². The molecule has 1 saturated carbocycles. The molecule has 0 spiro atoms. The van der Waals surface area contributed by atoms with Crippen molar-refractivity contribution in [3.8, 4) is 0 Å². The lowest BCUT2D eigenvalue weighted by Crippen LogP contribution is -2.25. The Morgan fingerprint density at radius 1 is 1.05 bits per heavy atom. The van der Waals surface area contributed by atoms with E-state index in [2.05, 4.69) is 25.7 Å². The van der Waals surface area contributed by atoms with Crippen LogP contribution in [0.4, 0.5) is 13.2 Å². The second-order valence-electron chi connectivity index (χ2n) is 10.8. The van der Waals surface area contributed by atoms with Gasteiger partial charge >= 0.3 is 6.18 Å². The van der Waals surface area contributed by atoms with Crippen molar-refractivity contribution in [2.24, 2.45) is 11.8 Å². The topological polar surface area (TPSA) is 51.6 Å². The van der Waals surface area contributed by atoms with E-state index in [1.165, 1.54) is 5.57 Å². The summed E-state index contributed by atoms with van der Waals surface area (Å²) < 4.78 is 41.3. The number of hydrogen-bond donors (Lipinski definition) is 0. The summed E-state index contributed by atoms with van der Waals surface area (Å²) >= 11 is 0. The van der Waals surface area contributed by atoms with Gasteiger partial charge in [0.1, 0.15) is 11.3 Å². The van der Waals surface area contributed by atoms with E-state index in [9.17, 15) is 13.2 Å². The largest absolute Gasteiger partial charge is 0.391 e. The lowest BCUT2D eigenvalue weighted by Gasteiger charge is -2.30. The summed E-state index contributed by atoms with van der Waals surface area (Å²) in [5.74, 6) is -0.532. The first-order chi connectivity index (χ1) is 18.0. The maximum absolute atomic E-state index is 13.8. The molecule has 1 fully saturated rings. The predicted octanol–water partition coefficient (Wildman–Crippen LogP) is 9.12. The van der Waals surface area contributed by atoms with E-state index in [1.54, 1.807) is 6.92 Å². The second-order valence-corrected chi connectivity index (χ2v) is 10.8. The van der Waals surface area contributed by atoms with Crippen LogP contribution < -0.4 is 0 Å². The molecule has 2 aromatic heterocycles. The van der Waals surface area contributed by atoms with Crippen LogP contribution in [0.5, 0.6) is 0 Å². The number of rotatable bonds is 10. The third-order valence-electron chi connectivity index (χ3n) is 7.99. The summed E-state index contributed by atoms with van der Waals surface area (Å²) in [5.41, 5.74) is 5.65. The van der Waals surface area contributed by atoms with Crippen LogP contribution >= 0.6 is 0 Å². The molecule has 7 heteroatoms. The molecule has 0 aromatic carbocycles. The molecule has 2 heterocycles. The number of halogens is 3. The zero-order valence-electron chi connectivity index (χ0n) is 23.8. The fourth-order valence-corrected chi connectivity index (χ4v) is 5.68. The minimum Gasteiger partial charge on any atom is -0.246 e. The number of aromatic nitrogens is 4. The van der Waals surface area contributed by atoms with Crippen molar-refractivity contribution < 1.29 is 13.2 Å². The summed E-state index contributed by atoms with van der Waals surface area (Å²) in [6.07, 6.45) is 7.43. The second kappa shape index (κ2) is 13.0. The molecule has 3 rings (SSSR count). The molecule has 1 aliphatic rings. The minimum absolute atomic E-state index is 0.000773. The average Bonchev–Trinajstić information content (AvgIpc) is 2.88. The molecule has 0 N–H and O–H groups in total. The third kappa shape index (κ3) is 7.09. The molecule has 4 atom stereocenters. The Hall–Kier alpha value is -2.57. The molecule has 1 aliphatic carbocycles. The van der Waals surface area contributed by atoms with Gasteiger partial charge in [0.05, 0.1) is 23.0 Å². The summed E-state index contributed by atoms with van der Waals surface area (Å²) in [5, 5.41) is 0. The van der Waals surface area contributed by atoms with Crippen molar-refractivity contribution in [3.05, 3.63) is 58.9 Å². The summed E-state index contributed by atoms with van der Waals surface area (Å²) in [6, 6.07) is 0. The number of hydrogen-bond acceptors (Lipinski definition) is 4. The fourth-order valence-electron chi connectivity index (χ4n) is 5.68. The number of nitrogens with zero attached hydrogens (tertiary/aromatic N) is 4. The Morgan fingerprint density at radius 2 is 1.79 bits per heavy atom. The lowest BCUT2D eigenvalue weighted by molar-refractivity contribution is -0.178. The highest BCUT2D eigenvalue weighted by Crippen LogP contribution is 2.42. The molecule has 0 bridgehead atoms. The van der Waals surface area contributed by atoms with Gasteiger partial charge in [-0.1, -0.05) is 57.6 Å². The number of aryl methyl sites for hydroxylation is 2. The Morgan fingerprint density at radius 3 is 2.37 bits per heavy atom. The smallest absolute Gasteiger partial charge is 0.246 e. The average molecular weight is 529 g/mol. The van der Waals surface area contributed by atoms with Gasteiger partial charge in [0, 0.05) is 11.8 Å². The normalized spacial score (nSPS) is 20.7. The zero-order valence-corrected chi connectivity index (χ0v) is 23.8. The van der Waals surface area contributed by atoms with E-state index in [4.69, 9.17) is 19.9 Å². The Labute approximate surface area is 226 Å². The van der Waals surface area contributed by atoms with Crippen LogP contribution in [0.15, 0.2) is 36.0 Å². The Bertz CT molecular complexity index is 1180. The minimum atomic E-state index is -4.23. The number of allylic oxidation sites excluding steroid dienone is 5. The fraction of sp³-hybridized carbons (Fsp3) is 0.613. The molecule has 0 radical (unpaired) electrons. The number of alkyl halides is 3. The van der Waals surface area contributed by atoms with Gasteiger partial charge in [-0.15, -0.1) is 0 Å². The van der Waals surface area contributed by atoms with E-state index < -0.39 is 12.1 Å². The summed E-state index contributed by atoms with van der Waals surface area (Å²) in [7, 11) is 0. The van der Waals surface area contributed by atoms with Gasteiger partial charge in [-0.3, -0.25) is 0 Å². The Kier molecular flexibility index (Phi) is 10.2. The molecule has 4 unspecified atom stereocenters. The van der Waals surface area contributed by atoms with E-state index in [0.717, 1.165) is 42.6 Å². The SMILES string of the molecule is C=C(C)/C=C\C(=C/C)C1CCCC(c2nc(C(CC)CC(CC)C(F)(F)F)c3nc(CC)c(C)nc3n2)C1. The van der Waals surface area contributed by atoms with Crippen molar-refractivity contribution in [2.45, 2.75) is 111 Å². The quantitative estimate of drug-likeness (QED) is 0.289. The van der Waals surface area contributed by atoms with Crippen LogP contribution in [-0.4, -0.2) is 26.1 Å². The van der Waals surface area contributed by atoms with Gasteiger partial charge < -0.3 is 0 Å². The summed E-state index contributed by atoms with van der Waals surface area (Å²) in [4.78, 5) is 19.6. The van der Waals surface area contributed by atoms with Crippen molar-refractivity contribution in [2.75, 3.05) is 0 Å².